The van der Waals surface area contributed by atoms with E-state index < -0.39 is 0 Å². The first-order chi connectivity index (χ1) is 16.7. The second-order valence-corrected chi connectivity index (χ2v) is 9.01. The first-order valence-corrected chi connectivity index (χ1v) is 11.9. The second kappa shape index (κ2) is 8.80. The summed E-state index contributed by atoms with van der Waals surface area (Å²) in [5.41, 5.74) is 4.76. The van der Waals surface area contributed by atoms with Crippen molar-refractivity contribution in [3.05, 3.63) is 101 Å². The summed E-state index contributed by atoms with van der Waals surface area (Å²) in [5, 5.41) is 4.71. The maximum absolute atomic E-state index is 13.3. The van der Waals surface area contributed by atoms with Gasteiger partial charge in [0, 0.05) is 42.8 Å². The Morgan fingerprint density at radius 3 is 2.47 bits per heavy atom. The molecule has 1 fully saturated rings. The van der Waals surface area contributed by atoms with Gasteiger partial charge < -0.3 is 10.3 Å². The third-order valence-corrected chi connectivity index (χ3v) is 6.71. The van der Waals surface area contributed by atoms with E-state index >= 15 is 0 Å². The van der Waals surface area contributed by atoms with E-state index in [0.29, 0.717) is 12.0 Å². The van der Waals surface area contributed by atoms with Crippen molar-refractivity contribution >= 4 is 27.6 Å². The van der Waals surface area contributed by atoms with Crippen LogP contribution in [0.1, 0.15) is 18.4 Å². The summed E-state index contributed by atoms with van der Waals surface area (Å²) in [4.78, 5) is 23.7. The van der Waals surface area contributed by atoms with Crippen LogP contribution in [0.4, 0.5) is 5.69 Å². The molecule has 2 aromatic heterocycles. The van der Waals surface area contributed by atoms with Gasteiger partial charge in [-0.3, -0.25) is 9.69 Å². The van der Waals surface area contributed by atoms with Crippen molar-refractivity contribution in [3.63, 3.8) is 0 Å². The van der Waals surface area contributed by atoms with Crippen LogP contribution in [0.3, 0.4) is 0 Å². The van der Waals surface area contributed by atoms with Crippen LogP contribution in [0, 0.1) is 0 Å². The summed E-state index contributed by atoms with van der Waals surface area (Å²) < 4.78 is 1.67. The van der Waals surface area contributed by atoms with E-state index in [4.69, 9.17) is 0 Å². The van der Waals surface area contributed by atoms with Crippen molar-refractivity contribution in [1.29, 1.82) is 0 Å². The lowest BCUT2D eigenvalue weighted by atomic mass is 10.0. The minimum Gasteiger partial charge on any atom is -0.382 e. The summed E-state index contributed by atoms with van der Waals surface area (Å²) >= 11 is 0. The number of aromatic nitrogens is 3. The van der Waals surface area contributed by atoms with Gasteiger partial charge in [-0.2, -0.15) is 0 Å². The zero-order valence-electron chi connectivity index (χ0n) is 18.9. The second-order valence-electron chi connectivity index (χ2n) is 9.01. The van der Waals surface area contributed by atoms with Crippen LogP contribution < -0.4 is 10.9 Å². The molecule has 3 heterocycles. The van der Waals surface area contributed by atoms with E-state index in [1.54, 1.807) is 10.6 Å². The quantitative estimate of drug-likeness (QED) is 0.399. The van der Waals surface area contributed by atoms with E-state index in [2.05, 4.69) is 56.6 Å². The van der Waals surface area contributed by atoms with Crippen molar-refractivity contribution < 1.29 is 0 Å². The number of benzene rings is 3. The van der Waals surface area contributed by atoms with E-state index in [1.807, 2.05) is 42.5 Å². The lowest BCUT2D eigenvalue weighted by Crippen LogP contribution is -2.38. The summed E-state index contributed by atoms with van der Waals surface area (Å²) in [6.07, 6.45) is 2.10. The monoisotopic (exact) mass is 449 g/mol. The van der Waals surface area contributed by atoms with Crippen LogP contribution in [0.5, 0.6) is 0 Å². The molecular weight excluding hydrogens is 422 g/mol. The summed E-state index contributed by atoms with van der Waals surface area (Å²) in [6, 6.07) is 28.6. The highest BCUT2D eigenvalue weighted by atomic mass is 16.1. The predicted molar refractivity (Wildman–Crippen MR) is 138 cm³/mol. The first-order valence-electron chi connectivity index (χ1n) is 11.9. The molecule has 0 bridgehead atoms. The number of hydrogen-bond donors (Lipinski definition) is 2. The molecule has 0 amide bonds. The number of H-pyrrole nitrogens is 1. The number of imidazole rings is 1. The van der Waals surface area contributed by atoms with Crippen molar-refractivity contribution in [3.8, 4) is 5.95 Å². The molecular formula is C28H27N5O. The first kappa shape index (κ1) is 20.7. The number of anilines is 1. The fourth-order valence-corrected chi connectivity index (χ4v) is 4.96. The Labute approximate surface area is 197 Å². The number of para-hydroxylation sites is 3. The van der Waals surface area contributed by atoms with Gasteiger partial charge in [0.05, 0.1) is 16.6 Å². The maximum atomic E-state index is 13.3. The zero-order valence-corrected chi connectivity index (χ0v) is 18.9. The third-order valence-electron chi connectivity index (χ3n) is 6.71. The number of fused-ring (bicyclic) bond motifs is 2. The van der Waals surface area contributed by atoms with Crippen LogP contribution in [0.25, 0.3) is 27.9 Å². The highest BCUT2D eigenvalue weighted by molar-refractivity contribution is 5.92. The largest absolute Gasteiger partial charge is 0.382 e. The molecule has 6 heteroatoms. The van der Waals surface area contributed by atoms with Gasteiger partial charge in [0.2, 0.25) is 5.95 Å². The average Bonchev–Trinajstić information content (AvgIpc) is 3.29. The number of likely N-dealkylation sites (tertiary alicyclic amines) is 1. The minimum atomic E-state index is -0.0956. The molecule has 0 saturated carbocycles. The third kappa shape index (κ3) is 3.97. The number of rotatable bonds is 5. The molecule has 1 aliphatic heterocycles. The molecule has 0 radical (unpaired) electrons. The Bertz CT molecular complexity index is 1460. The van der Waals surface area contributed by atoms with E-state index in [9.17, 15) is 4.79 Å². The smallest absolute Gasteiger partial charge is 0.260 e. The van der Waals surface area contributed by atoms with Crippen molar-refractivity contribution in [2.75, 3.05) is 18.4 Å². The van der Waals surface area contributed by atoms with Crippen molar-refractivity contribution in [1.82, 2.24) is 19.4 Å². The van der Waals surface area contributed by atoms with Gasteiger partial charge in [0.25, 0.3) is 5.56 Å². The van der Waals surface area contributed by atoms with E-state index in [0.717, 1.165) is 60.1 Å². The SMILES string of the molecule is O=c1cc(NC2CCN(Cc3ccccc3)CC2)c2ccccc2n1-c1nc2ccccc2[nH]1. The molecule has 0 aliphatic carbocycles. The molecule has 0 atom stereocenters. The van der Waals surface area contributed by atoms with Gasteiger partial charge in [0.1, 0.15) is 0 Å². The Morgan fingerprint density at radius 2 is 1.65 bits per heavy atom. The predicted octanol–water partition coefficient (Wildman–Crippen LogP) is 4.94. The van der Waals surface area contributed by atoms with E-state index in [1.165, 1.54) is 5.56 Å². The topological polar surface area (TPSA) is 66.0 Å². The Morgan fingerprint density at radius 1 is 0.912 bits per heavy atom. The number of hydrogen-bond acceptors (Lipinski definition) is 4. The highest BCUT2D eigenvalue weighted by Crippen LogP contribution is 2.26. The molecule has 5 aromatic rings. The Kier molecular flexibility index (Phi) is 5.35. The molecule has 1 saturated heterocycles. The van der Waals surface area contributed by atoms with Crippen molar-refractivity contribution in [2.24, 2.45) is 0 Å². The molecule has 1 aliphatic rings. The number of nitrogens with zero attached hydrogens (tertiary/aromatic N) is 3. The molecule has 0 unspecified atom stereocenters. The molecule has 0 spiro atoms. The van der Waals surface area contributed by atoms with Crippen LogP contribution in [-0.4, -0.2) is 38.6 Å². The normalized spacial score (nSPS) is 15.2. The molecule has 6 nitrogen and oxygen atoms in total. The summed E-state index contributed by atoms with van der Waals surface area (Å²) in [5.74, 6) is 0.545. The lowest BCUT2D eigenvalue weighted by Gasteiger charge is -2.33. The fourth-order valence-electron chi connectivity index (χ4n) is 4.96. The molecule has 2 N–H and O–H groups in total. The highest BCUT2D eigenvalue weighted by Gasteiger charge is 2.21. The number of aromatic amines is 1. The maximum Gasteiger partial charge on any atom is 0.260 e. The number of pyridine rings is 1. The summed E-state index contributed by atoms with van der Waals surface area (Å²) in [6.45, 7) is 3.07. The molecule has 3 aromatic carbocycles. The molecule has 34 heavy (non-hydrogen) atoms. The molecule has 6 rings (SSSR count). The Hall–Kier alpha value is -3.90. The van der Waals surface area contributed by atoms with Crippen molar-refractivity contribution in [2.45, 2.75) is 25.4 Å². The van der Waals surface area contributed by atoms with Gasteiger partial charge in [0.15, 0.2) is 0 Å². The van der Waals surface area contributed by atoms with Crippen LogP contribution in [0.15, 0.2) is 89.7 Å². The van der Waals surface area contributed by atoms with Gasteiger partial charge in [-0.1, -0.05) is 60.7 Å². The lowest BCUT2D eigenvalue weighted by molar-refractivity contribution is 0.211. The standard InChI is InChI=1S/C28H27N5O/c34-27-18-25(29-21-14-16-32(17-15-21)19-20-8-2-1-3-9-20)22-10-4-7-13-26(22)33(27)28-30-23-11-5-6-12-24(23)31-28/h1-13,18,21,29H,14-17,19H2,(H,30,31). The molecule has 170 valence electrons. The minimum absolute atomic E-state index is 0.0956. The number of nitrogens with one attached hydrogen (secondary N) is 2. The number of piperidine rings is 1. The Balaban J connectivity index is 1.26. The average molecular weight is 450 g/mol. The van der Waals surface area contributed by atoms with Crippen LogP contribution >= 0.6 is 0 Å². The van der Waals surface area contributed by atoms with Gasteiger partial charge in [-0.05, 0) is 36.6 Å². The van der Waals surface area contributed by atoms with E-state index in [-0.39, 0.29) is 5.56 Å². The van der Waals surface area contributed by atoms with Gasteiger partial charge in [-0.25, -0.2) is 9.55 Å². The van der Waals surface area contributed by atoms with Crippen LogP contribution in [-0.2, 0) is 6.54 Å². The zero-order chi connectivity index (χ0) is 22.9. The van der Waals surface area contributed by atoms with Crippen LogP contribution in [0.2, 0.25) is 0 Å². The van der Waals surface area contributed by atoms with Gasteiger partial charge in [-0.15, -0.1) is 0 Å². The van der Waals surface area contributed by atoms with Gasteiger partial charge >= 0.3 is 0 Å². The summed E-state index contributed by atoms with van der Waals surface area (Å²) in [7, 11) is 0. The fraction of sp³-hybridized carbons (Fsp3) is 0.214.